The van der Waals surface area contributed by atoms with Crippen molar-refractivity contribution in [3.8, 4) is 17.2 Å². The number of nitrogens with one attached hydrogen (secondary N) is 1. The second kappa shape index (κ2) is 11.1. The zero-order chi connectivity index (χ0) is 24.8. The van der Waals surface area contributed by atoms with E-state index >= 15 is 0 Å². The van der Waals surface area contributed by atoms with Gasteiger partial charge in [0.05, 0.1) is 24.4 Å². The Bertz CT molecular complexity index is 1390. The largest absolute Gasteiger partial charge is 0.494 e. The third kappa shape index (κ3) is 5.81. The molecule has 1 N–H and O–H groups in total. The van der Waals surface area contributed by atoms with Gasteiger partial charge in [0, 0.05) is 10.9 Å². The lowest BCUT2D eigenvalue weighted by Gasteiger charge is -2.14. The monoisotopic (exact) mass is 540 g/mol. The molecule has 0 aliphatic carbocycles. The third-order valence-corrected chi connectivity index (χ3v) is 5.57. The van der Waals surface area contributed by atoms with Crippen molar-refractivity contribution < 1.29 is 27.8 Å². The maximum Gasteiger partial charge on any atom is 0.307 e. The zero-order valence-electron chi connectivity index (χ0n) is 19.0. The Morgan fingerprint density at radius 3 is 2.74 bits per heavy atom. The molecule has 9 heteroatoms. The molecule has 35 heavy (non-hydrogen) atoms. The van der Waals surface area contributed by atoms with Gasteiger partial charge in [0.25, 0.3) is 0 Å². The minimum absolute atomic E-state index is 0.0364. The van der Waals surface area contributed by atoms with Crippen molar-refractivity contribution >= 4 is 39.0 Å². The number of halogens is 2. The highest BCUT2D eigenvalue weighted by Gasteiger charge is 2.14. The Kier molecular flexibility index (Phi) is 7.67. The molecule has 0 saturated heterocycles. The van der Waals surface area contributed by atoms with Gasteiger partial charge in [-0.05, 0) is 70.9 Å². The number of methoxy groups -OCH3 is 1. The standard InChI is InChI=1S/C26H22BrFN2O5/c1-3-33-19-8-9-22-18(12-19)13-24(35-22)26(31)30-29-14-16-10-20(27)25(23(11-16)32-2)34-15-17-6-4-5-7-21(17)28/h4-14H,3,15H2,1-2H3,(H,30,31)/b29-14+. The lowest BCUT2D eigenvalue weighted by Crippen LogP contribution is -2.16. The second-order valence-corrected chi connectivity index (χ2v) is 8.21. The van der Waals surface area contributed by atoms with Crippen LogP contribution in [0.1, 0.15) is 28.6 Å². The summed E-state index contributed by atoms with van der Waals surface area (Å²) in [6.45, 7) is 2.48. The molecule has 180 valence electrons. The topological polar surface area (TPSA) is 82.3 Å². The van der Waals surface area contributed by atoms with Crippen LogP contribution in [0.3, 0.4) is 0 Å². The molecule has 0 atom stereocenters. The highest BCUT2D eigenvalue weighted by Crippen LogP contribution is 2.37. The third-order valence-electron chi connectivity index (χ3n) is 4.98. The van der Waals surface area contributed by atoms with Gasteiger partial charge in [-0.25, -0.2) is 9.82 Å². The van der Waals surface area contributed by atoms with E-state index in [2.05, 4.69) is 26.5 Å². The van der Waals surface area contributed by atoms with Crippen LogP contribution in [0, 0.1) is 5.82 Å². The maximum absolute atomic E-state index is 13.9. The summed E-state index contributed by atoms with van der Waals surface area (Å²) in [5.74, 6) is 0.831. The van der Waals surface area contributed by atoms with E-state index in [1.165, 1.54) is 19.4 Å². The normalized spacial score (nSPS) is 11.1. The summed E-state index contributed by atoms with van der Waals surface area (Å²) in [5, 5.41) is 4.76. The number of hydrogen-bond acceptors (Lipinski definition) is 6. The van der Waals surface area contributed by atoms with Gasteiger partial charge in [-0.15, -0.1) is 0 Å². The highest BCUT2D eigenvalue weighted by molar-refractivity contribution is 9.10. The van der Waals surface area contributed by atoms with E-state index in [-0.39, 0.29) is 18.2 Å². The molecule has 0 fully saturated rings. The quantitative estimate of drug-likeness (QED) is 0.205. The van der Waals surface area contributed by atoms with E-state index < -0.39 is 5.91 Å². The Labute approximate surface area is 209 Å². The van der Waals surface area contributed by atoms with Crippen LogP contribution in [0.25, 0.3) is 11.0 Å². The van der Waals surface area contributed by atoms with E-state index in [1.54, 1.807) is 48.5 Å². The van der Waals surface area contributed by atoms with Gasteiger partial charge in [0.2, 0.25) is 0 Å². The number of ether oxygens (including phenoxy) is 3. The van der Waals surface area contributed by atoms with Crippen LogP contribution in [-0.4, -0.2) is 25.8 Å². The number of amides is 1. The van der Waals surface area contributed by atoms with Gasteiger partial charge in [0.1, 0.15) is 23.8 Å². The number of fused-ring (bicyclic) bond motifs is 1. The summed E-state index contributed by atoms with van der Waals surface area (Å²) in [7, 11) is 1.50. The Balaban J connectivity index is 1.44. The van der Waals surface area contributed by atoms with Crippen molar-refractivity contribution in [2.75, 3.05) is 13.7 Å². The molecule has 7 nitrogen and oxygen atoms in total. The van der Waals surface area contributed by atoms with Crippen LogP contribution >= 0.6 is 15.9 Å². The molecular formula is C26H22BrFN2O5. The number of carbonyl (C=O) groups is 1. The summed E-state index contributed by atoms with van der Waals surface area (Å²) in [4.78, 5) is 12.5. The predicted molar refractivity (Wildman–Crippen MR) is 134 cm³/mol. The lowest BCUT2D eigenvalue weighted by molar-refractivity contribution is 0.0929. The van der Waals surface area contributed by atoms with Gasteiger partial charge in [0.15, 0.2) is 17.3 Å². The van der Waals surface area contributed by atoms with Crippen LogP contribution in [0.5, 0.6) is 17.2 Å². The molecule has 4 rings (SSSR count). The smallest absolute Gasteiger partial charge is 0.307 e. The van der Waals surface area contributed by atoms with Gasteiger partial charge in [-0.2, -0.15) is 5.10 Å². The Hall–Kier alpha value is -3.85. The molecule has 0 aliphatic heterocycles. The second-order valence-electron chi connectivity index (χ2n) is 7.36. The SMILES string of the molecule is CCOc1ccc2oc(C(=O)N/N=C/c3cc(Br)c(OCc4ccccc4F)c(OC)c3)cc2c1. The van der Waals surface area contributed by atoms with Gasteiger partial charge < -0.3 is 18.6 Å². The fourth-order valence-corrected chi connectivity index (χ4v) is 3.90. The first-order chi connectivity index (χ1) is 17.0. The van der Waals surface area contributed by atoms with Crippen molar-refractivity contribution in [2.45, 2.75) is 13.5 Å². The molecular weight excluding hydrogens is 519 g/mol. The average Bonchev–Trinajstić information content (AvgIpc) is 3.28. The van der Waals surface area contributed by atoms with Crippen LogP contribution in [0.2, 0.25) is 0 Å². The number of furan rings is 1. The molecule has 0 saturated carbocycles. The number of hydrazone groups is 1. The van der Waals surface area contributed by atoms with Crippen molar-refractivity contribution in [1.82, 2.24) is 5.43 Å². The van der Waals surface area contributed by atoms with Crippen LogP contribution in [0.4, 0.5) is 4.39 Å². The Morgan fingerprint density at radius 2 is 1.97 bits per heavy atom. The number of nitrogens with zero attached hydrogens (tertiary/aromatic N) is 1. The first kappa shape index (κ1) is 24.3. The van der Waals surface area contributed by atoms with Crippen LogP contribution < -0.4 is 19.6 Å². The first-order valence-corrected chi connectivity index (χ1v) is 11.5. The fourth-order valence-electron chi connectivity index (χ4n) is 3.33. The Morgan fingerprint density at radius 1 is 1.14 bits per heavy atom. The summed E-state index contributed by atoms with van der Waals surface area (Å²) >= 11 is 3.45. The van der Waals surface area contributed by atoms with E-state index in [0.717, 1.165) is 5.39 Å². The van der Waals surface area contributed by atoms with Crippen molar-refractivity contribution in [2.24, 2.45) is 5.10 Å². The maximum atomic E-state index is 13.9. The van der Waals surface area contributed by atoms with Crippen LogP contribution in [-0.2, 0) is 6.61 Å². The molecule has 1 aromatic heterocycles. The molecule has 0 unspecified atom stereocenters. The molecule has 3 aromatic carbocycles. The van der Waals surface area contributed by atoms with Gasteiger partial charge in [-0.3, -0.25) is 4.79 Å². The summed E-state index contributed by atoms with van der Waals surface area (Å²) in [5.41, 5.74) is 4.08. The van der Waals surface area contributed by atoms with Gasteiger partial charge in [-0.1, -0.05) is 18.2 Å². The predicted octanol–water partition coefficient (Wildman–Crippen LogP) is 6.08. The minimum atomic E-state index is -0.494. The minimum Gasteiger partial charge on any atom is -0.494 e. The van der Waals surface area contributed by atoms with Crippen molar-refractivity contribution in [1.29, 1.82) is 0 Å². The molecule has 1 heterocycles. The summed E-state index contributed by atoms with van der Waals surface area (Å²) in [6.07, 6.45) is 1.46. The molecule has 0 radical (unpaired) electrons. The molecule has 0 aliphatic rings. The van der Waals surface area contributed by atoms with Crippen molar-refractivity contribution in [3.63, 3.8) is 0 Å². The van der Waals surface area contributed by atoms with E-state index in [9.17, 15) is 9.18 Å². The van der Waals surface area contributed by atoms with Crippen LogP contribution in [0.15, 0.2) is 74.7 Å². The van der Waals surface area contributed by atoms with Crippen molar-refractivity contribution in [3.05, 3.63) is 87.8 Å². The van der Waals surface area contributed by atoms with Gasteiger partial charge >= 0.3 is 5.91 Å². The molecule has 4 aromatic rings. The zero-order valence-corrected chi connectivity index (χ0v) is 20.6. The first-order valence-electron chi connectivity index (χ1n) is 10.7. The van der Waals surface area contributed by atoms with E-state index in [0.29, 0.717) is 45.0 Å². The number of hydrogen-bond donors (Lipinski definition) is 1. The average molecular weight is 541 g/mol. The molecule has 0 spiro atoms. The number of benzene rings is 3. The van der Waals surface area contributed by atoms with E-state index in [1.807, 2.05) is 13.0 Å². The number of rotatable bonds is 9. The summed E-state index contributed by atoms with van der Waals surface area (Å²) < 4.78 is 36.8. The number of carbonyl (C=O) groups excluding carboxylic acids is 1. The fraction of sp³-hybridized carbons (Fsp3) is 0.154. The highest BCUT2D eigenvalue weighted by atomic mass is 79.9. The molecule has 1 amide bonds. The van der Waals surface area contributed by atoms with E-state index in [4.69, 9.17) is 18.6 Å². The summed E-state index contributed by atoms with van der Waals surface area (Å²) in [6, 6.07) is 16.8. The molecule has 0 bridgehead atoms. The lowest BCUT2D eigenvalue weighted by atomic mass is 10.2.